The Bertz CT molecular complexity index is 371. The van der Waals surface area contributed by atoms with Crippen molar-refractivity contribution < 1.29 is 14.3 Å². The molecule has 1 spiro atoms. The van der Waals surface area contributed by atoms with Crippen LogP contribution < -0.4 is 5.32 Å². The summed E-state index contributed by atoms with van der Waals surface area (Å²) in [6.45, 7) is 2.35. The van der Waals surface area contributed by atoms with Gasteiger partial charge in [-0.15, -0.1) is 0 Å². The molecule has 2 amide bonds. The first kappa shape index (κ1) is 12.9. The van der Waals surface area contributed by atoms with Crippen LogP contribution in [0.3, 0.4) is 0 Å². The van der Waals surface area contributed by atoms with Crippen LogP contribution in [0, 0.1) is 5.92 Å². The van der Waals surface area contributed by atoms with E-state index in [0.717, 1.165) is 45.3 Å². The number of nitrogens with one attached hydrogen (secondary N) is 1. The Labute approximate surface area is 113 Å². The summed E-state index contributed by atoms with van der Waals surface area (Å²) in [5.74, 6) is 0.535. The average Bonchev–Trinajstić information content (AvgIpc) is 2.94. The van der Waals surface area contributed by atoms with E-state index < -0.39 is 5.54 Å². The third kappa shape index (κ3) is 2.24. The van der Waals surface area contributed by atoms with E-state index in [1.165, 1.54) is 6.42 Å². The molecule has 1 unspecified atom stereocenters. The number of carbonyl (C=O) groups excluding carboxylic acids is 2. The molecule has 2 aliphatic heterocycles. The van der Waals surface area contributed by atoms with Crippen molar-refractivity contribution in [2.24, 2.45) is 5.92 Å². The van der Waals surface area contributed by atoms with Crippen molar-refractivity contribution in [1.82, 2.24) is 10.2 Å². The molecule has 19 heavy (non-hydrogen) atoms. The van der Waals surface area contributed by atoms with Crippen LogP contribution in [0.1, 0.15) is 38.5 Å². The smallest absolute Gasteiger partial charge is 0.246 e. The lowest BCUT2D eigenvalue weighted by Crippen LogP contribution is -2.68. The molecule has 0 aromatic heterocycles. The molecule has 1 saturated carbocycles. The van der Waals surface area contributed by atoms with Crippen LogP contribution >= 0.6 is 0 Å². The van der Waals surface area contributed by atoms with E-state index in [0.29, 0.717) is 12.5 Å². The van der Waals surface area contributed by atoms with Gasteiger partial charge in [-0.1, -0.05) is 19.3 Å². The summed E-state index contributed by atoms with van der Waals surface area (Å²) in [6.07, 6.45) is 5.89. The van der Waals surface area contributed by atoms with Gasteiger partial charge in [-0.3, -0.25) is 9.59 Å². The van der Waals surface area contributed by atoms with Crippen LogP contribution in [-0.4, -0.2) is 48.6 Å². The maximum atomic E-state index is 12.4. The van der Waals surface area contributed by atoms with Gasteiger partial charge in [-0.25, -0.2) is 0 Å². The van der Waals surface area contributed by atoms with Crippen LogP contribution in [0.4, 0.5) is 0 Å². The molecular weight excluding hydrogens is 244 g/mol. The summed E-state index contributed by atoms with van der Waals surface area (Å²) in [5.41, 5.74) is -0.559. The van der Waals surface area contributed by atoms with E-state index in [9.17, 15) is 9.59 Å². The fourth-order valence-electron chi connectivity index (χ4n) is 3.67. The molecule has 1 aliphatic carbocycles. The Morgan fingerprint density at radius 3 is 2.74 bits per heavy atom. The lowest BCUT2D eigenvalue weighted by atomic mass is 9.77. The second-order valence-electron chi connectivity index (χ2n) is 6.01. The normalized spacial score (nSPS) is 30.7. The van der Waals surface area contributed by atoms with Crippen LogP contribution in [0.25, 0.3) is 0 Å². The zero-order valence-corrected chi connectivity index (χ0v) is 11.3. The van der Waals surface area contributed by atoms with Gasteiger partial charge in [0.05, 0.1) is 13.2 Å². The van der Waals surface area contributed by atoms with E-state index >= 15 is 0 Å². The topological polar surface area (TPSA) is 58.6 Å². The van der Waals surface area contributed by atoms with Crippen molar-refractivity contribution in [1.29, 1.82) is 0 Å². The fourth-order valence-corrected chi connectivity index (χ4v) is 3.67. The Kier molecular flexibility index (Phi) is 3.48. The number of nitrogens with zero attached hydrogens (tertiary/aromatic N) is 1. The lowest BCUT2D eigenvalue weighted by Gasteiger charge is -2.48. The van der Waals surface area contributed by atoms with Gasteiger partial charge in [-0.05, 0) is 19.3 Å². The minimum Gasteiger partial charge on any atom is -0.381 e. The van der Waals surface area contributed by atoms with Crippen molar-refractivity contribution in [3.63, 3.8) is 0 Å². The highest BCUT2D eigenvalue weighted by atomic mass is 16.5. The third-order valence-corrected chi connectivity index (χ3v) is 4.79. The number of carbonyl (C=O) groups is 2. The Morgan fingerprint density at radius 2 is 2.05 bits per heavy atom. The largest absolute Gasteiger partial charge is 0.381 e. The molecule has 3 fully saturated rings. The zero-order valence-electron chi connectivity index (χ0n) is 11.3. The number of ether oxygens (including phenoxy) is 1. The van der Waals surface area contributed by atoms with Gasteiger partial charge in [0.15, 0.2) is 0 Å². The van der Waals surface area contributed by atoms with E-state index in [1.54, 1.807) is 0 Å². The molecule has 5 nitrogen and oxygen atoms in total. The second-order valence-corrected chi connectivity index (χ2v) is 6.01. The number of amides is 2. The van der Waals surface area contributed by atoms with Crippen molar-refractivity contribution in [3.8, 4) is 0 Å². The van der Waals surface area contributed by atoms with E-state index in [4.69, 9.17) is 4.74 Å². The summed E-state index contributed by atoms with van der Waals surface area (Å²) in [6, 6.07) is 0. The highest BCUT2D eigenvalue weighted by Crippen LogP contribution is 2.36. The summed E-state index contributed by atoms with van der Waals surface area (Å²) < 4.78 is 5.40. The number of hydrogen-bond donors (Lipinski definition) is 1. The third-order valence-electron chi connectivity index (χ3n) is 4.79. The van der Waals surface area contributed by atoms with Crippen molar-refractivity contribution in [3.05, 3.63) is 0 Å². The maximum Gasteiger partial charge on any atom is 0.246 e. The molecule has 3 aliphatic rings. The van der Waals surface area contributed by atoms with Crippen LogP contribution in [0.5, 0.6) is 0 Å². The minimum atomic E-state index is -0.559. The predicted octanol–water partition coefficient (Wildman–Crippen LogP) is 0.684. The second kappa shape index (κ2) is 5.12. The number of rotatable bonds is 2. The Hall–Kier alpha value is -1.10. The van der Waals surface area contributed by atoms with Gasteiger partial charge in [0, 0.05) is 19.1 Å². The number of hydrogen-bond acceptors (Lipinski definition) is 3. The summed E-state index contributed by atoms with van der Waals surface area (Å²) >= 11 is 0. The molecule has 5 heteroatoms. The van der Waals surface area contributed by atoms with Gasteiger partial charge >= 0.3 is 0 Å². The molecule has 2 saturated heterocycles. The molecule has 0 bridgehead atoms. The molecular formula is C14H22N2O3. The SMILES string of the molecule is O=C1CNC(=O)C2(CCCCC2)N1CC1CCOC1. The Morgan fingerprint density at radius 1 is 1.26 bits per heavy atom. The molecule has 2 heterocycles. The zero-order chi connectivity index (χ0) is 13.3. The molecule has 106 valence electrons. The summed E-state index contributed by atoms with van der Waals surface area (Å²) in [5, 5.41) is 2.79. The first-order valence-electron chi connectivity index (χ1n) is 7.39. The molecule has 1 atom stereocenters. The molecule has 1 N–H and O–H groups in total. The highest BCUT2D eigenvalue weighted by Gasteiger charge is 2.50. The molecule has 0 aromatic rings. The number of piperazine rings is 1. The lowest BCUT2D eigenvalue weighted by molar-refractivity contribution is -0.157. The van der Waals surface area contributed by atoms with Gasteiger partial charge in [0.2, 0.25) is 11.8 Å². The van der Waals surface area contributed by atoms with Crippen LogP contribution in [0.15, 0.2) is 0 Å². The average molecular weight is 266 g/mol. The maximum absolute atomic E-state index is 12.4. The van der Waals surface area contributed by atoms with Gasteiger partial charge in [0.1, 0.15) is 5.54 Å². The molecule has 0 aromatic carbocycles. The van der Waals surface area contributed by atoms with E-state index in [-0.39, 0.29) is 18.4 Å². The molecule has 0 radical (unpaired) electrons. The van der Waals surface area contributed by atoms with Crippen molar-refractivity contribution in [2.45, 2.75) is 44.1 Å². The van der Waals surface area contributed by atoms with Gasteiger partial charge in [0.25, 0.3) is 0 Å². The summed E-state index contributed by atoms with van der Waals surface area (Å²) in [4.78, 5) is 26.5. The van der Waals surface area contributed by atoms with Crippen LogP contribution in [0.2, 0.25) is 0 Å². The van der Waals surface area contributed by atoms with Crippen molar-refractivity contribution in [2.75, 3.05) is 26.3 Å². The molecule has 3 rings (SSSR count). The van der Waals surface area contributed by atoms with Crippen LogP contribution in [-0.2, 0) is 14.3 Å². The Balaban J connectivity index is 1.82. The quantitative estimate of drug-likeness (QED) is 0.800. The standard InChI is InChI=1S/C14H22N2O3/c17-12-8-15-13(18)14(5-2-1-3-6-14)16(12)9-11-4-7-19-10-11/h11H,1-10H2,(H,15,18). The van der Waals surface area contributed by atoms with E-state index in [1.807, 2.05) is 4.90 Å². The highest BCUT2D eigenvalue weighted by molar-refractivity contribution is 5.98. The summed E-state index contributed by atoms with van der Waals surface area (Å²) in [7, 11) is 0. The fraction of sp³-hybridized carbons (Fsp3) is 0.857. The van der Waals surface area contributed by atoms with Crippen molar-refractivity contribution >= 4 is 11.8 Å². The minimum absolute atomic E-state index is 0.0608. The van der Waals surface area contributed by atoms with E-state index in [2.05, 4.69) is 5.32 Å². The van der Waals surface area contributed by atoms with Gasteiger partial charge < -0.3 is 15.0 Å². The monoisotopic (exact) mass is 266 g/mol. The van der Waals surface area contributed by atoms with Gasteiger partial charge in [-0.2, -0.15) is 0 Å². The first-order chi connectivity index (χ1) is 9.22. The predicted molar refractivity (Wildman–Crippen MR) is 69.5 cm³/mol. The first-order valence-corrected chi connectivity index (χ1v) is 7.39.